The van der Waals surface area contributed by atoms with Crippen LogP contribution in [-0.2, 0) is 11.2 Å². The summed E-state index contributed by atoms with van der Waals surface area (Å²) >= 11 is 0. The molecular formula is C20H19FN2O3. The number of halogens is 1. The van der Waals surface area contributed by atoms with Crippen LogP contribution in [0.25, 0.3) is 21.9 Å². The Balaban J connectivity index is 1.80. The monoisotopic (exact) mass is 354 g/mol. The van der Waals surface area contributed by atoms with Crippen molar-refractivity contribution in [3.63, 3.8) is 0 Å². The maximum Gasteiger partial charge on any atom is 0.408 e. The first kappa shape index (κ1) is 17.7. The number of amides is 1. The Morgan fingerprint density at radius 3 is 2.54 bits per heavy atom. The van der Waals surface area contributed by atoms with E-state index in [9.17, 15) is 14.4 Å². The van der Waals surface area contributed by atoms with Crippen molar-refractivity contribution in [1.82, 2.24) is 5.32 Å². The van der Waals surface area contributed by atoms with Crippen molar-refractivity contribution >= 4 is 28.0 Å². The van der Waals surface area contributed by atoms with Crippen LogP contribution in [0, 0.1) is 17.1 Å². The summed E-state index contributed by atoms with van der Waals surface area (Å²) in [6.45, 7) is 5.27. The molecule has 3 rings (SSSR count). The second-order valence-corrected chi connectivity index (χ2v) is 7.11. The second-order valence-electron chi connectivity index (χ2n) is 7.11. The second kappa shape index (κ2) is 6.68. The van der Waals surface area contributed by atoms with Gasteiger partial charge >= 0.3 is 6.09 Å². The first-order valence-electron chi connectivity index (χ1n) is 8.25. The van der Waals surface area contributed by atoms with Crippen LogP contribution in [0.1, 0.15) is 26.3 Å². The van der Waals surface area contributed by atoms with Crippen molar-refractivity contribution in [3.8, 4) is 6.07 Å². The van der Waals surface area contributed by atoms with E-state index in [-0.39, 0.29) is 5.82 Å². The van der Waals surface area contributed by atoms with Crippen molar-refractivity contribution in [3.05, 3.63) is 47.8 Å². The van der Waals surface area contributed by atoms with Crippen LogP contribution >= 0.6 is 0 Å². The number of nitriles is 1. The largest absolute Gasteiger partial charge is 0.456 e. The third-order valence-electron chi connectivity index (χ3n) is 3.79. The van der Waals surface area contributed by atoms with E-state index in [1.165, 1.54) is 12.1 Å². The lowest BCUT2D eigenvalue weighted by Gasteiger charge is -2.21. The number of nitrogens with one attached hydrogen (secondary N) is 1. The SMILES string of the molecule is CC(C)(C)OC(=O)N[C@H](C#N)Cc1ccc2c(c1)oc1cc(F)ccc12. The van der Waals surface area contributed by atoms with E-state index in [4.69, 9.17) is 9.15 Å². The number of hydrogen-bond donors (Lipinski definition) is 1. The number of carbonyl (C=O) groups excluding carboxylic acids is 1. The standard InChI is InChI=1S/C20H19FN2O3/c1-20(2,3)26-19(24)23-14(11-22)8-12-4-6-15-16-7-5-13(21)10-18(16)25-17(15)9-12/h4-7,9-10,14H,8H2,1-3H3,(H,23,24)/t14-/m0/s1. The molecule has 1 N–H and O–H groups in total. The van der Waals surface area contributed by atoms with E-state index in [1.807, 2.05) is 12.1 Å². The zero-order chi connectivity index (χ0) is 18.9. The number of furan rings is 1. The number of hydrogen-bond acceptors (Lipinski definition) is 4. The van der Waals surface area contributed by atoms with Crippen molar-refractivity contribution in [2.24, 2.45) is 0 Å². The predicted molar refractivity (Wildman–Crippen MR) is 96.2 cm³/mol. The summed E-state index contributed by atoms with van der Waals surface area (Å²) in [5, 5.41) is 13.6. The smallest absolute Gasteiger partial charge is 0.408 e. The third kappa shape index (κ3) is 3.94. The summed E-state index contributed by atoms with van der Waals surface area (Å²) in [6.07, 6.45) is -0.332. The normalized spacial score (nSPS) is 12.7. The minimum Gasteiger partial charge on any atom is -0.456 e. The van der Waals surface area contributed by atoms with Gasteiger partial charge in [-0.25, -0.2) is 9.18 Å². The number of alkyl carbamates (subject to hydrolysis) is 1. The summed E-state index contributed by atoms with van der Waals surface area (Å²) in [4.78, 5) is 11.8. The van der Waals surface area contributed by atoms with Gasteiger partial charge in [0.25, 0.3) is 0 Å². The van der Waals surface area contributed by atoms with Gasteiger partial charge in [-0.2, -0.15) is 5.26 Å². The van der Waals surface area contributed by atoms with E-state index in [0.717, 1.165) is 16.3 Å². The fourth-order valence-electron chi connectivity index (χ4n) is 2.74. The fraction of sp³-hybridized carbons (Fsp3) is 0.300. The Kier molecular flexibility index (Phi) is 4.56. The molecule has 0 unspecified atom stereocenters. The number of ether oxygens (including phenoxy) is 1. The molecule has 0 bridgehead atoms. The Labute approximate surface area is 150 Å². The number of fused-ring (bicyclic) bond motifs is 3. The predicted octanol–water partition coefficient (Wildman–Crippen LogP) is 4.68. The maximum atomic E-state index is 13.4. The molecule has 0 spiro atoms. The van der Waals surface area contributed by atoms with Crippen molar-refractivity contribution < 1.29 is 18.3 Å². The molecule has 0 aliphatic rings. The molecule has 0 aliphatic carbocycles. The van der Waals surface area contributed by atoms with Crippen LogP contribution in [0.15, 0.2) is 40.8 Å². The van der Waals surface area contributed by atoms with Gasteiger partial charge in [-0.1, -0.05) is 12.1 Å². The van der Waals surface area contributed by atoms with Crippen LogP contribution in [0.2, 0.25) is 0 Å². The lowest BCUT2D eigenvalue weighted by molar-refractivity contribution is 0.0516. The van der Waals surface area contributed by atoms with Gasteiger partial charge in [0.05, 0.1) is 6.07 Å². The van der Waals surface area contributed by atoms with E-state index in [0.29, 0.717) is 17.6 Å². The summed E-state index contributed by atoms with van der Waals surface area (Å²) < 4.78 is 24.2. The van der Waals surface area contributed by atoms with E-state index >= 15 is 0 Å². The molecule has 0 saturated heterocycles. The maximum absolute atomic E-state index is 13.4. The molecule has 0 saturated carbocycles. The minimum absolute atomic E-state index is 0.303. The van der Waals surface area contributed by atoms with Gasteiger partial charge in [0.1, 0.15) is 28.6 Å². The molecule has 1 aromatic heterocycles. The number of benzene rings is 2. The van der Waals surface area contributed by atoms with Crippen molar-refractivity contribution in [2.45, 2.75) is 38.8 Å². The molecule has 6 heteroatoms. The first-order chi connectivity index (χ1) is 12.2. The Morgan fingerprint density at radius 1 is 1.23 bits per heavy atom. The Bertz CT molecular complexity index is 1010. The van der Waals surface area contributed by atoms with E-state index in [2.05, 4.69) is 11.4 Å². The van der Waals surface area contributed by atoms with Gasteiger partial charge in [0.2, 0.25) is 0 Å². The molecular weight excluding hydrogens is 335 g/mol. The topological polar surface area (TPSA) is 75.3 Å². The van der Waals surface area contributed by atoms with Gasteiger partial charge in [0, 0.05) is 23.3 Å². The molecule has 0 fully saturated rings. The summed E-state index contributed by atoms with van der Waals surface area (Å²) in [5.74, 6) is -0.358. The highest BCUT2D eigenvalue weighted by Crippen LogP contribution is 2.30. The van der Waals surface area contributed by atoms with Crippen LogP contribution < -0.4 is 5.32 Å². The highest BCUT2D eigenvalue weighted by atomic mass is 19.1. The number of nitrogens with zero attached hydrogens (tertiary/aromatic N) is 1. The van der Waals surface area contributed by atoms with E-state index < -0.39 is 17.7 Å². The van der Waals surface area contributed by atoms with Gasteiger partial charge in [-0.3, -0.25) is 0 Å². The highest BCUT2D eigenvalue weighted by molar-refractivity contribution is 6.04. The highest BCUT2D eigenvalue weighted by Gasteiger charge is 2.20. The van der Waals surface area contributed by atoms with Crippen LogP contribution in [0.4, 0.5) is 9.18 Å². The van der Waals surface area contributed by atoms with Crippen LogP contribution in [-0.4, -0.2) is 17.7 Å². The lowest BCUT2D eigenvalue weighted by atomic mass is 10.0. The van der Waals surface area contributed by atoms with Gasteiger partial charge < -0.3 is 14.5 Å². The first-order valence-corrected chi connectivity index (χ1v) is 8.25. The Morgan fingerprint density at radius 2 is 1.88 bits per heavy atom. The zero-order valence-corrected chi connectivity index (χ0v) is 14.8. The molecule has 2 aromatic carbocycles. The van der Waals surface area contributed by atoms with Crippen LogP contribution in [0.5, 0.6) is 0 Å². The number of rotatable bonds is 3. The third-order valence-corrected chi connectivity index (χ3v) is 3.79. The molecule has 26 heavy (non-hydrogen) atoms. The average molecular weight is 354 g/mol. The quantitative estimate of drug-likeness (QED) is 0.741. The minimum atomic E-state index is -0.732. The van der Waals surface area contributed by atoms with Gasteiger partial charge in [-0.15, -0.1) is 0 Å². The molecule has 1 atom stereocenters. The summed E-state index contributed by atoms with van der Waals surface area (Å²) in [7, 11) is 0. The molecule has 5 nitrogen and oxygen atoms in total. The lowest BCUT2D eigenvalue weighted by Crippen LogP contribution is -2.39. The molecule has 0 aliphatic heterocycles. The fourth-order valence-corrected chi connectivity index (χ4v) is 2.74. The van der Waals surface area contributed by atoms with Crippen molar-refractivity contribution in [1.29, 1.82) is 5.26 Å². The van der Waals surface area contributed by atoms with E-state index in [1.54, 1.807) is 32.9 Å². The molecule has 1 heterocycles. The summed E-state index contributed by atoms with van der Waals surface area (Å²) in [6, 6.07) is 11.3. The zero-order valence-electron chi connectivity index (χ0n) is 14.8. The molecule has 0 radical (unpaired) electrons. The van der Waals surface area contributed by atoms with Gasteiger partial charge in [-0.05, 0) is 44.5 Å². The Hall–Kier alpha value is -3.07. The number of carbonyl (C=O) groups is 1. The van der Waals surface area contributed by atoms with Gasteiger partial charge in [0.15, 0.2) is 0 Å². The molecule has 1 amide bonds. The van der Waals surface area contributed by atoms with Crippen molar-refractivity contribution in [2.75, 3.05) is 0 Å². The summed E-state index contributed by atoms with van der Waals surface area (Å²) in [5.41, 5.74) is 1.27. The van der Waals surface area contributed by atoms with Crippen LogP contribution in [0.3, 0.4) is 0 Å². The molecule has 3 aromatic rings. The average Bonchev–Trinajstić information content (AvgIpc) is 2.88. The molecule has 134 valence electrons.